The fourth-order valence-corrected chi connectivity index (χ4v) is 10.3. The summed E-state index contributed by atoms with van der Waals surface area (Å²) in [6, 6.07) is 16.0. The second kappa shape index (κ2) is 37.2. The van der Waals surface area contributed by atoms with E-state index in [-0.39, 0.29) is 97.5 Å². The molecule has 7 heterocycles. The lowest BCUT2D eigenvalue weighted by molar-refractivity contribution is 0.132. The highest BCUT2D eigenvalue weighted by molar-refractivity contribution is 5.61. The van der Waals surface area contributed by atoms with Crippen LogP contribution in [0.25, 0.3) is 16.9 Å². The zero-order valence-corrected chi connectivity index (χ0v) is 54.9. The molecular formula is C67H94F2N16O8. The Labute approximate surface area is 542 Å². The van der Waals surface area contributed by atoms with E-state index in [0.717, 1.165) is 87.6 Å². The van der Waals surface area contributed by atoms with Gasteiger partial charge >= 0.3 is 18.0 Å². The van der Waals surface area contributed by atoms with Gasteiger partial charge in [-0.05, 0) is 80.2 Å². The van der Waals surface area contributed by atoms with Gasteiger partial charge in [0, 0.05) is 70.6 Å². The van der Waals surface area contributed by atoms with Crippen LogP contribution in [0.1, 0.15) is 191 Å². The quantitative estimate of drug-likeness (QED) is 0.0199. The average Bonchev–Trinajstić information content (AvgIpc) is 1.74. The number of hydrogen-bond donors (Lipinski definition) is 6. The van der Waals surface area contributed by atoms with Crippen molar-refractivity contribution in [3.05, 3.63) is 124 Å². The van der Waals surface area contributed by atoms with Gasteiger partial charge in [0.25, 0.3) is 0 Å². The molecule has 0 radical (unpaired) electrons. The molecule has 0 spiro atoms. The first kappa shape index (κ1) is 71.8. The number of aliphatic hydroxyl groups is 3. The standard InChI is InChI=1S/C23H33N5O2.C22H29F2N5O3.C22H32N6O3/c1-3-5-6-8-17-9-11-18(12-10-17)15-19-16-25-22-21(24)26-23(27-28(19)22)30-20(7-4-2)13-14-29;1-3-5-11-31-17-8-7-14(18(23)19(17)24)12-15-13-26-21-20(25)27-22(28-29(15)21)32-16(6-4-2)9-10-30;1-4-6-15(3)30-19-9-8-16(13-24-19)12-17-14-25-21-20(23)26-22(27-28(17)21)31-18(7-5-2)10-11-29/h9-12,16,20,29H,3-8,13-15H2,1-2H3,(H2,24,26,27);7-8,13,16,30H,3-6,9-12H2,1-2H3,(H2,25,27,28);8-9,13-15,18,29H,4-7,10-12H2,1-3H3,(H2,23,26,27). The SMILES string of the molecule is CCCC(C)Oc1ccc(Cc2cnc3c(N)nc(OC(CCC)CCO)nn23)cn1.CCCCCc1ccc(Cc2cnc3c(N)nc(OC(CCC)CCO)nn23)cc1.CCCCOc1ccc(Cc2cnc3c(N)nc(OC(CCC)CCO)nn23)c(F)c1F. The average molecular weight is 1290 g/mol. The van der Waals surface area contributed by atoms with Crippen molar-refractivity contribution < 1.29 is 47.8 Å². The molecule has 0 aliphatic carbocycles. The van der Waals surface area contributed by atoms with Crippen molar-refractivity contribution in [1.29, 1.82) is 0 Å². The van der Waals surface area contributed by atoms with Crippen molar-refractivity contribution >= 4 is 34.4 Å². The number of nitrogens with zero attached hydrogens (tertiary/aromatic N) is 13. The van der Waals surface area contributed by atoms with Gasteiger partial charge in [-0.15, -0.1) is 15.3 Å². The summed E-state index contributed by atoms with van der Waals surface area (Å²) < 4.78 is 62.7. The number of imidazole rings is 3. The molecular weight excluding hydrogens is 1190 g/mol. The predicted molar refractivity (Wildman–Crippen MR) is 353 cm³/mol. The van der Waals surface area contributed by atoms with Gasteiger partial charge in [0.05, 0.1) is 48.4 Å². The summed E-state index contributed by atoms with van der Waals surface area (Å²) >= 11 is 0. The lowest BCUT2D eigenvalue weighted by atomic mass is 10.0. The maximum Gasteiger partial charge on any atom is 0.336 e. The number of hydrogen-bond acceptors (Lipinski definition) is 21. The van der Waals surface area contributed by atoms with Crippen LogP contribution >= 0.6 is 0 Å². The van der Waals surface area contributed by atoms with Gasteiger partial charge < -0.3 is 56.2 Å². The Kier molecular flexibility index (Phi) is 28.7. The van der Waals surface area contributed by atoms with Crippen molar-refractivity contribution in [2.24, 2.45) is 0 Å². The summed E-state index contributed by atoms with van der Waals surface area (Å²) in [6.07, 6.45) is 22.9. The lowest BCUT2D eigenvalue weighted by Gasteiger charge is -2.16. The first-order chi connectivity index (χ1) is 45.1. The van der Waals surface area contributed by atoms with Gasteiger partial charge in [0.2, 0.25) is 11.7 Å². The summed E-state index contributed by atoms with van der Waals surface area (Å²) in [5.41, 5.74) is 25.5. The number of ether oxygens (including phenoxy) is 5. The molecule has 0 saturated carbocycles. The third-order valence-corrected chi connectivity index (χ3v) is 15.3. The number of anilines is 3. The normalized spacial score (nSPS) is 12.6. The van der Waals surface area contributed by atoms with Crippen molar-refractivity contribution in [2.45, 2.75) is 201 Å². The number of aromatic nitrogens is 13. The van der Waals surface area contributed by atoms with E-state index in [9.17, 15) is 24.1 Å². The van der Waals surface area contributed by atoms with E-state index < -0.39 is 11.6 Å². The minimum atomic E-state index is -1.02. The smallest absolute Gasteiger partial charge is 0.336 e. The van der Waals surface area contributed by atoms with E-state index in [1.54, 1.807) is 27.6 Å². The first-order valence-corrected chi connectivity index (χ1v) is 32.8. The van der Waals surface area contributed by atoms with Crippen LogP contribution in [0.3, 0.4) is 0 Å². The Morgan fingerprint density at radius 3 is 1.32 bits per heavy atom. The molecule has 0 saturated heterocycles. The molecule has 7 aromatic heterocycles. The molecule has 9 aromatic rings. The van der Waals surface area contributed by atoms with Gasteiger partial charge in [-0.1, -0.05) is 123 Å². The minimum Gasteiger partial charge on any atom is -0.490 e. The first-order valence-electron chi connectivity index (χ1n) is 32.8. The Balaban J connectivity index is 0.000000198. The predicted octanol–water partition coefficient (Wildman–Crippen LogP) is 10.8. The number of rotatable bonds is 36. The Hall–Kier alpha value is -8.62. The number of aliphatic hydroxyl groups excluding tert-OH is 3. The lowest BCUT2D eigenvalue weighted by Crippen LogP contribution is -2.20. The van der Waals surface area contributed by atoms with Gasteiger partial charge in [0.15, 0.2) is 46.0 Å². The zero-order valence-electron chi connectivity index (χ0n) is 54.9. The zero-order chi connectivity index (χ0) is 66.7. The van der Waals surface area contributed by atoms with Gasteiger partial charge in [-0.2, -0.15) is 19.3 Å². The van der Waals surface area contributed by atoms with E-state index in [4.69, 9.17) is 40.9 Å². The molecule has 0 bridgehead atoms. The van der Waals surface area contributed by atoms with E-state index in [2.05, 4.69) is 102 Å². The van der Waals surface area contributed by atoms with Crippen LogP contribution in [0, 0.1) is 11.6 Å². The molecule has 0 aliphatic heterocycles. The van der Waals surface area contributed by atoms with Crippen LogP contribution in [0.4, 0.5) is 26.2 Å². The fraction of sp³-hybridized carbons (Fsp3) is 0.522. The molecule has 4 unspecified atom stereocenters. The van der Waals surface area contributed by atoms with Gasteiger partial charge in [-0.3, -0.25) is 0 Å². The molecule has 0 fully saturated rings. The number of fused-ring (bicyclic) bond motifs is 3. The molecule has 24 nitrogen and oxygen atoms in total. The summed E-state index contributed by atoms with van der Waals surface area (Å²) in [7, 11) is 0. The highest BCUT2D eigenvalue weighted by Gasteiger charge is 2.22. The van der Waals surface area contributed by atoms with E-state index in [0.29, 0.717) is 67.2 Å². The summed E-state index contributed by atoms with van der Waals surface area (Å²) in [5.74, 6) is -0.830. The second-order valence-corrected chi connectivity index (χ2v) is 23.0. The highest BCUT2D eigenvalue weighted by atomic mass is 19.2. The maximum atomic E-state index is 14.7. The molecule has 504 valence electrons. The monoisotopic (exact) mass is 1290 g/mol. The largest absolute Gasteiger partial charge is 0.490 e. The fourth-order valence-electron chi connectivity index (χ4n) is 10.3. The van der Waals surface area contributed by atoms with Crippen molar-refractivity contribution in [2.75, 3.05) is 43.6 Å². The van der Waals surface area contributed by atoms with Crippen LogP contribution in [0.5, 0.6) is 29.7 Å². The van der Waals surface area contributed by atoms with E-state index in [1.165, 1.54) is 53.2 Å². The molecule has 0 amide bonds. The molecule has 0 aliphatic rings. The summed E-state index contributed by atoms with van der Waals surface area (Å²) in [5, 5.41) is 41.1. The van der Waals surface area contributed by atoms with E-state index in [1.807, 2.05) is 32.9 Å². The number of nitrogen functional groups attached to an aromatic ring is 3. The number of halogens is 2. The number of benzene rings is 2. The maximum absolute atomic E-state index is 14.7. The molecule has 93 heavy (non-hydrogen) atoms. The van der Waals surface area contributed by atoms with Crippen LogP contribution in [-0.4, -0.2) is 130 Å². The van der Waals surface area contributed by atoms with Crippen molar-refractivity contribution in [3.63, 3.8) is 0 Å². The van der Waals surface area contributed by atoms with Crippen LogP contribution in [0.15, 0.2) is 73.3 Å². The third kappa shape index (κ3) is 20.9. The number of aryl methyl sites for hydroxylation is 1. The van der Waals surface area contributed by atoms with Gasteiger partial charge in [-0.25, -0.2) is 37.9 Å². The molecule has 4 atom stereocenters. The molecule has 26 heteroatoms. The van der Waals surface area contributed by atoms with E-state index >= 15 is 0 Å². The second-order valence-electron chi connectivity index (χ2n) is 23.0. The molecule has 9 rings (SSSR count). The number of unbranched alkanes of at least 4 members (excludes halogenated alkanes) is 3. The van der Waals surface area contributed by atoms with Crippen LogP contribution < -0.4 is 40.9 Å². The highest BCUT2D eigenvalue weighted by Crippen LogP contribution is 2.28. The van der Waals surface area contributed by atoms with Crippen molar-refractivity contribution in [1.82, 2.24) is 63.7 Å². The number of nitrogens with two attached hydrogens (primary N) is 3. The minimum absolute atomic E-state index is 0.0261. The molecule has 9 N–H and O–H groups in total. The Morgan fingerprint density at radius 1 is 0.452 bits per heavy atom. The summed E-state index contributed by atoms with van der Waals surface area (Å²) in [6.45, 7) is 15.0. The van der Waals surface area contributed by atoms with Crippen molar-refractivity contribution in [3.8, 4) is 29.7 Å². The topological polar surface area (TPSA) is 327 Å². The van der Waals surface area contributed by atoms with Crippen LogP contribution in [0.2, 0.25) is 0 Å². The van der Waals surface area contributed by atoms with Gasteiger partial charge in [0.1, 0.15) is 18.3 Å². The number of pyridine rings is 1. The molecule has 2 aromatic carbocycles. The van der Waals surface area contributed by atoms with Crippen LogP contribution in [-0.2, 0) is 25.7 Å². The Bertz CT molecular complexity index is 3670. The third-order valence-electron chi connectivity index (χ3n) is 15.3. The summed E-state index contributed by atoms with van der Waals surface area (Å²) in [4.78, 5) is 30.0. The Morgan fingerprint density at radius 2 is 0.892 bits per heavy atom.